The van der Waals surface area contributed by atoms with Crippen molar-refractivity contribution in [2.75, 3.05) is 13.2 Å². The Kier molecular flexibility index (Phi) is 4.92. The molecule has 0 aromatic heterocycles. The highest BCUT2D eigenvalue weighted by Gasteiger charge is 2.13. The van der Waals surface area contributed by atoms with Crippen molar-refractivity contribution in [2.24, 2.45) is 5.41 Å². The fourth-order valence-corrected chi connectivity index (χ4v) is 1.32. The van der Waals surface area contributed by atoms with Gasteiger partial charge in [0, 0.05) is 12.1 Å². The second kappa shape index (κ2) is 6.22. The molecule has 2 N–H and O–H groups in total. The predicted octanol–water partition coefficient (Wildman–Crippen LogP) is 1.93. The van der Waals surface area contributed by atoms with Crippen molar-refractivity contribution in [2.45, 2.75) is 20.8 Å². The zero-order chi connectivity index (χ0) is 14.5. The highest BCUT2D eigenvalue weighted by Crippen LogP contribution is 2.14. The molecule has 0 aliphatic heterocycles. The molecular formula is C14H19NO4. The molecule has 1 aromatic carbocycles. The molecule has 0 bridgehead atoms. The Labute approximate surface area is 112 Å². The molecule has 0 atom stereocenters. The van der Waals surface area contributed by atoms with Crippen LogP contribution < -0.4 is 10.1 Å². The van der Waals surface area contributed by atoms with Crippen LogP contribution in [0.5, 0.6) is 5.75 Å². The van der Waals surface area contributed by atoms with E-state index in [1.54, 1.807) is 18.2 Å². The SMILES string of the molecule is CC(C)(C)CNC(=O)c1cccc(OCC(=O)O)c1. The van der Waals surface area contributed by atoms with Gasteiger partial charge in [-0.15, -0.1) is 0 Å². The third kappa shape index (κ3) is 5.90. The average Bonchev–Trinajstić information content (AvgIpc) is 2.33. The van der Waals surface area contributed by atoms with Crippen molar-refractivity contribution in [1.82, 2.24) is 5.32 Å². The van der Waals surface area contributed by atoms with E-state index in [-0.39, 0.29) is 11.3 Å². The summed E-state index contributed by atoms with van der Waals surface area (Å²) in [6.45, 7) is 6.22. The first-order valence-electron chi connectivity index (χ1n) is 6.01. The molecule has 19 heavy (non-hydrogen) atoms. The maximum atomic E-state index is 11.9. The number of ether oxygens (including phenoxy) is 1. The Bertz CT molecular complexity index is 463. The van der Waals surface area contributed by atoms with Crippen LogP contribution in [0.3, 0.4) is 0 Å². The zero-order valence-corrected chi connectivity index (χ0v) is 11.4. The molecule has 0 spiro atoms. The minimum absolute atomic E-state index is 0.00702. The summed E-state index contributed by atoms with van der Waals surface area (Å²) >= 11 is 0. The van der Waals surface area contributed by atoms with Crippen molar-refractivity contribution in [3.8, 4) is 5.75 Å². The molecule has 104 valence electrons. The maximum absolute atomic E-state index is 11.9. The number of hydrogen-bond acceptors (Lipinski definition) is 3. The Morgan fingerprint density at radius 3 is 2.58 bits per heavy atom. The van der Waals surface area contributed by atoms with Gasteiger partial charge in [-0.3, -0.25) is 4.79 Å². The van der Waals surface area contributed by atoms with Gasteiger partial charge in [0.2, 0.25) is 0 Å². The van der Waals surface area contributed by atoms with Gasteiger partial charge in [0.25, 0.3) is 5.91 Å². The third-order valence-corrected chi connectivity index (χ3v) is 2.24. The van der Waals surface area contributed by atoms with Crippen molar-refractivity contribution < 1.29 is 19.4 Å². The van der Waals surface area contributed by atoms with Crippen LogP contribution in [0, 0.1) is 5.41 Å². The van der Waals surface area contributed by atoms with E-state index in [4.69, 9.17) is 9.84 Å². The minimum Gasteiger partial charge on any atom is -0.482 e. The van der Waals surface area contributed by atoms with Gasteiger partial charge in [-0.05, 0) is 23.6 Å². The quantitative estimate of drug-likeness (QED) is 0.853. The molecule has 1 rings (SSSR count). The normalized spacial score (nSPS) is 10.9. The summed E-state index contributed by atoms with van der Waals surface area (Å²) in [6, 6.07) is 6.46. The van der Waals surface area contributed by atoms with Gasteiger partial charge in [0.05, 0.1) is 0 Å². The van der Waals surface area contributed by atoms with Crippen molar-refractivity contribution in [1.29, 1.82) is 0 Å². The van der Waals surface area contributed by atoms with Gasteiger partial charge in [-0.2, -0.15) is 0 Å². The fourth-order valence-electron chi connectivity index (χ4n) is 1.32. The molecule has 0 fully saturated rings. The fraction of sp³-hybridized carbons (Fsp3) is 0.429. The lowest BCUT2D eigenvalue weighted by Crippen LogP contribution is -2.32. The van der Waals surface area contributed by atoms with E-state index < -0.39 is 12.6 Å². The van der Waals surface area contributed by atoms with E-state index >= 15 is 0 Å². The van der Waals surface area contributed by atoms with Crippen molar-refractivity contribution in [3.05, 3.63) is 29.8 Å². The van der Waals surface area contributed by atoms with E-state index in [1.165, 1.54) is 6.07 Å². The topological polar surface area (TPSA) is 75.6 Å². The van der Waals surface area contributed by atoms with E-state index in [0.717, 1.165) is 0 Å². The number of carbonyl (C=O) groups excluding carboxylic acids is 1. The molecule has 0 unspecified atom stereocenters. The standard InChI is InChI=1S/C14H19NO4/c1-14(2,3)9-15-13(18)10-5-4-6-11(7-10)19-8-12(16)17/h4-7H,8-9H2,1-3H3,(H,15,18)(H,16,17). The number of amides is 1. The number of carbonyl (C=O) groups is 2. The van der Waals surface area contributed by atoms with Crippen molar-refractivity contribution >= 4 is 11.9 Å². The lowest BCUT2D eigenvalue weighted by Gasteiger charge is -2.18. The van der Waals surface area contributed by atoms with Crippen LogP contribution in [0.2, 0.25) is 0 Å². The van der Waals surface area contributed by atoms with Gasteiger partial charge in [-0.25, -0.2) is 4.79 Å². The second-order valence-electron chi connectivity index (χ2n) is 5.45. The minimum atomic E-state index is -1.05. The molecule has 5 nitrogen and oxygen atoms in total. The number of nitrogens with one attached hydrogen (secondary N) is 1. The Balaban J connectivity index is 2.65. The molecule has 0 aliphatic rings. The predicted molar refractivity (Wildman–Crippen MR) is 71.4 cm³/mol. The third-order valence-electron chi connectivity index (χ3n) is 2.24. The first-order chi connectivity index (χ1) is 8.78. The highest BCUT2D eigenvalue weighted by atomic mass is 16.5. The van der Waals surface area contributed by atoms with Gasteiger partial charge in [-0.1, -0.05) is 26.8 Å². The molecule has 0 radical (unpaired) electrons. The van der Waals surface area contributed by atoms with Gasteiger partial charge < -0.3 is 15.2 Å². The number of carboxylic acids is 1. The van der Waals surface area contributed by atoms with Crippen LogP contribution in [0.15, 0.2) is 24.3 Å². The Morgan fingerprint density at radius 1 is 1.32 bits per heavy atom. The summed E-state index contributed by atoms with van der Waals surface area (Å²) in [5.74, 6) is -0.885. The lowest BCUT2D eigenvalue weighted by atomic mass is 9.97. The van der Waals surface area contributed by atoms with Crippen molar-refractivity contribution in [3.63, 3.8) is 0 Å². The summed E-state index contributed by atoms with van der Waals surface area (Å²) < 4.78 is 5.02. The summed E-state index contributed by atoms with van der Waals surface area (Å²) in [5, 5.41) is 11.3. The number of rotatable bonds is 5. The molecule has 0 aliphatic carbocycles. The molecule has 0 saturated heterocycles. The number of benzene rings is 1. The number of aliphatic carboxylic acids is 1. The van der Waals surface area contributed by atoms with Gasteiger partial charge in [0.15, 0.2) is 6.61 Å². The smallest absolute Gasteiger partial charge is 0.341 e. The monoisotopic (exact) mass is 265 g/mol. The molecular weight excluding hydrogens is 246 g/mol. The first kappa shape index (κ1) is 15.0. The maximum Gasteiger partial charge on any atom is 0.341 e. The molecule has 0 saturated carbocycles. The van der Waals surface area contributed by atoms with Gasteiger partial charge in [0.1, 0.15) is 5.75 Å². The first-order valence-corrected chi connectivity index (χ1v) is 6.01. The van der Waals surface area contributed by atoms with Crippen LogP contribution in [-0.2, 0) is 4.79 Å². The van der Waals surface area contributed by atoms with Crippen LogP contribution in [0.1, 0.15) is 31.1 Å². The summed E-state index contributed by atoms with van der Waals surface area (Å²) in [6.07, 6.45) is 0. The highest BCUT2D eigenvalue weighted by molar-refractivity contribution is 5.94. The molecule has 1 aromatic rings. The molecule has 0 heterocycles. The summed E-state index contributed by atoms with van der Waals surface area (Å²) in [5.41, 5.74) is 0.458. The van der Waals surface area contributed by atoms with Gasteiger partial charge >= 0.3 is 5.97 Å². The Morgan fingerprint density at radius 2 is 2.00 bits per heavy atom. The molecule has 5 heteroatoms. The van der Waals surface area contributed by atoms with E-state index in [2.05, 4.69) is 5.32 Å². The van der Waals surface area contributed by atoms with Crippen LogP contribution in [-0.4, -0.2) is 30.1 Å². The van der Waals surface area contributed by atoms with Crippen LogP contribution in [0.4, 0.5) is 0 Å². The number of hydrogen-bond donors (Lipinski definition) is 2. The molecule has 1 amide bonds. The largest absolute Gasteiger partial charge is 0.482 e. The van der Waals surface area contributed by atoms with Crippen LogP contribution in [0.25, 0.3) is 0 Å². The average molecular weight is 265 g/mol. The summed E-state index contributed by atoms with van der Waals surface area (Å²) in [7, 11) is 0. The van der Waals surface area contributed by atoms with E-state index in [1.807, 2.05) is 20.8 Å². The number of carboxylic acid groups (broad SMARTS) is 1. The second-order valence-corrected chi connectivity index (χ2v) is 5.45. The van der Waals surface area contributed by atoms with E-state index in [9.17, 15) is 9.59 Å². The Hall–Kier alpha value is -2.04. The zero-order valence-electron chi connectivity index (χ0n) is 11.4. The lowest BCUT2D eigenvalue weighted by molar-refractivity contribution is -0.139. The van der Waals surface area contributed by atoms with E-state index in [0.29, 0.717) is 17.9 Å². The summed E-state index contributed by atoms with van der Waals surface area (Å²) in [4.78, 5) is 22.3. The van der Waals surface area contributed by atoms with Crippen LogP contribution >= 0.6 is 0 Å².